The third-order valence-corrected chi connectivity index (χ3v) is 3.32. The minimum absolute atomic E-state index is 0.238. The van der Waals surface area contributed by atoms with Crippen molar-refractivity contribution in [1.29, 1.82) is 0 Å². The van der Waals surface area contributed by atoms with Gasteiger partial charge >= 0.3 is 6.18 Å². The van der Waals surface area contributed by atoms with Crippen molar-refractivity contribution < 1.29 is 42.8 Å². The molecule has 0 saturated carbocycles. The Kier molecular flexibility index (Phi) is 3.95. The fraction of sp³-hybridized carbons (Fsp3) is 0.900. The van der Waals surface area contributed by atoms with Crippen molar-refractivity contribution in [2.45, 2.75) is 42.7 Å². The first-order valence-corrected chi connectivity index (χ1v) is 5.81. The summed E-state index contributed by atoms with van der Waals surface area (Å²) in [5.41, 5.74) is -1.52. The smallest absolute Gasteiger partial charge is 0.393 e. The van der Waals surface area contributed by atoms with Gasteiger partial charge in [-0.25, -0.2) is 0 Å². The van der Waals surface area contributed by atoms with Crippen LogP contribution in [-0.4, -0.2) is 70.8 Å². The van der Waals surface area contributed by atoms with Gasteiger partial charge in [-0.05, 0) is 0 Å². The molecule has 2 saturated heterocycles. The highest BCUT2D eigenvalue weighted by atomic mass is 19.4. The van der Waals surface area contributed by atoms with Crippen molar-refractivity contribution in [1.82, 2.24) is 5.32 Å². The average molecular weight is 301 g/mol. The van der Waals surface area contributed by atoms with Gasteiger partial charge in [0.25, 0.3) is 0 Å². The highest BCUT2D eigenvalue weighted by Crippen LogP contribution is 2.36. The van der Waals surface area contributed by atoms with Gasteiger partial charge in [0.05, 0.1) is 13.2 Å². The Morgan fingerprint density at radius 3 is 2.60 bits per heavy atom. The number of ether oxygens (including phenoxy) is 2. The second-order valence-electron chi connectivity index (χ2n) is 4.84. The third-order valence-electron chi connectivity index (χ3n) is 3.32. The van der Waals surface area contributed by atoms with E-state index < -0.39 is 55.3 Å². The number of nitrogens with one attached hydrogen (secondary N) is 1. The summed E-state index contributed by atoms with van der Waals surface area (Å²) < 4.78 is 46.4. The van der Waals surface area contributed by atoms with Crippen molar-refractivity contribution in [3.8, 4) is 0 Å². The molecule has 5 atom stereocenters. The summed E-state index contributed by atoms with van der Waals surface area (Å²) in [5.74, 6) is -1.37. The molecule has 0 aliphatic carbocycles. The van der Waals surface area contributed by atoms with Gasteiger partial charge in [0, 0.05) is 0 Å². The normalized spacial score (nSPS) is 40.7. The van der Waals surface area contributed by atoms with Crippen LogP contribution >= 0.6 is 0 Å². The van der Waals surface area contributed by atoms with Crippen LogP contribution in [0.5, 0.6) is 0 Å². The summed E-state index contributed by atoms with van der Waals surface area (Å²) >= 11 is 0. The van der Waals surface area contributed by atoms with E-state index in [-0.39, 0.29) is 6.61 Å². The first-order valence-electron chi connectivity index (χ1n) is 5.81. The van der Waals surface area contributed by atoms with Crippen LogP contribution in [0.25, 0.3) is 0 Å². The van der Waals surface area contributed by atoms with Crippen molar-refractivity contribution in [3.63, 3.8) is 0 Å². The van der Waals surface area contributed by atoms with Gasteiger partial charge in [0.2, 0.25) is 5.91 Å². The lowest BCUT2D eigenvalue weighted by Crippen LogP contribution is -2.66. The summed E-state index contributed by atoms with van der Waals surface area (Å²) in [6.07, 6.45) is -10.8. The maximum Gasteiger partial charge on any atom is 0.397 e. The van der Waals surface area contributed by atoms with Crippen LogP contribution < -0.4 is 5.32 Å². The minimum Gasteiger partial charge on any atom is -0.393 e. The zero-order chi connectivity index (χ0) is 15.1. The van der Waals surface area contributed by atoms with E-state index >= 15 is 0 Å². The van der Waals surface area contributed by atoms with Crippen molar-refractivity contribution >= 4 is 5.91 Å². The fourth-order valence-electron chi connectivity index (χ4n) is 2.27. The van der Waals surface area contributed by atoms with Crippen molar-refractivity contribution in [3.05, 3.63) is 0 Å². The number of alkyl halides is 3. The van der Waals surface area contributed by atoms with E-state index in [4.69, 9.17) is 14.6 Å². The molecule has 10 heteroatoms. The summed E-state index contributed by atoms with van der Waals surface area (Å²) in [6.45, 7) is -0.872. The molecule has 116 valence electrons. The summed E-state index contributed by atoms with van der Waals surface area (Å²) in [5, 5.41) is 30.8. The Balaban J connectivity index is 2.05. The molecule has 2 heterocycles. The number of aliphatic hydroxyl groups is 3. The molecule has 2 aliphatic heterocycles. The molecule has 4 N–H and O–H groups in total. The predicted molar refractivity (Wildman–Crippen MR) is 55.3 cm³/mol. The molecule has 0 radical (unpaired) electrons. The molecule has 0 aromatic carbocycles. The van der Waals surface area contributed by atoms with Crippen molar-refractivity contribution in [2.24, 2.45) is 0 Å². The van der Waals surface area contributed by atoms with Crippen LogP contribution in [0.1, 0.15) is 6.42 Å². The minimum atomic E-state index is -4.69. The highest BCUT2D eigenvalue weighted by molar-refractivity contribution is 5.77. The van der Waals surface area contributed by atoms with Gasteiger partial charge in [-0.15, -0.1) is 0 Å². The van der Waals surface area contributed by atoms with Gasteiger partial charge in [-0.3, -0.25) is 4.79 Å². The van der Waals surface area contributed by atoms with E-state index in [2.05, 4.69) is 0 Å². The van der Waals surface area contributed by atoms with E-state index in [1.807, 2.05) is 5.32 Å². The van der Waals surface area contributed by atoms with Gasteiger partial charge in [0.1, 0.15) is 30.3 Å². The number of carbonyl (C=O) groups is 1. The number of halogens is 3. The number of fused-ring (bicyclic) bond motifs is 2. The Hall–Kier alpha value is -0.940. The van der Waals surface area contributed by atoms with Gasteiger partial charge in [-0.1, -0.05) is 0 Å². The second kappa shape index (κ2) is 5.11. The second-order valence-corrected chi connectivity index (χ2v) is 4.84. The molecule has 0 aromatic heterocycles. The predicted octanol–water partition coefficient (Wildman–Crippen LogP) is -1.74. The molecule has 1 amide bonds. The number of aliphatic hydroxyl groups excluding tert-OH is 3. The van der Waals surface area contributed by atoms with Crippen LogP contribution in [0.3, 0.4) is 0 Å². The molecule has 2 bridgehead atoms. The van der Waals surface area contributed by atoms with Crippen LogP contribution in [0.4, 0.5) is 13.2 Å². The lowest BCUT2D eigenvalue weighted by atomic mass is 9.88. The van der Waals surface area contributed by atoms with Gasteiger partial charge in [0.15, 0.2) is 6.29 Å². The Bertz CT molecular complexity index is 392. The molecule has 0 aromatic rings. The monoisotopic (exact) mass is 301 g/mol. The zero-order valence-electron chi connectivity index (χ0n) is 10.1. The fourth-order valence-corrected chi connectivity index (χ4v) is 2.27. The first kappa shape index (κ1) is 15.4. The molecule has 7 nitrogen and oxygen atoms in total. The zero-order valence-corrected chi connectivity index (χ0v) is 10.1. The van der Waals surface area contributed by atoms with E-state index in [9.17, 15) is 28.2 Å². The molecule has 20 heavy (non-hydrogen) atoms. The largest absolute Gasteiger partial charge is 0.397 e. The molecular formula is C10H14F3NO6. The van der Waals surface area contributed by atoms with E-state index in [1.54, 1.807) is 0 Å². The highest BCUT2D eigenvalue weighted by Gasteiger charge is 2.59. The van der Waals surface area contributed by atoms with Crippen LogP contribution in [-0.2, 0) is 14.3 Å². The summed E-state index contributed by atoms with van der Waals surface area (Å²) in [7, 11) is 0. The average Bonchev–Trinajstić information content (AvgIpc) is 2.73. The molecule has 2 fully saturated rings. The standard InChI is InChI=1S/C10H14F3NO6/c11-10(12,13)1-4(16)14-5-6(17)7(18)9(2-15)3-19-8(5)20-9/h5-8,15,17-18H,1-3H2,(H,14,16)/t5-,6-,7-,8+,9+/m1/s1. The maximum absolute atomic E-state index is 12.1. The molecule has 2 rings (SSSR count). The molecular weight excluding hydrogens is 287 g/mol. The SMILES string of the molecule is O=C(CC(F)(F)F)N[C@H]1[C@H]2OC[C@](CO)(O2)[C@H](O)[C@@H]1O. The van der Waals surface area contributed by atoms with E-state index in [0.717, 1.165) is 0 Å². The third kappa shape index (κ3) is 2.74. The Morgan fingerprint density at radius 2 is 2.05 bits per heavy atom. The van der Waals surface area contributed by atoms with Crippen molar-refractivity contribution in [2.75, 3.05) is 13.2 Å². The van der Waals surface area contributed by atoms with E-state index in [1.165, 1.54) is 0 Å². The summed E-state index contributed by atoms with van der Waals surface area (Å²) in [6, 6.07) is -1.35. The van der Waals surface area contributed by atoms with Crippen LogP contribution in [0.2, 0.25) is 0 Å². The lowest BCUT2D eigenvalue weighted by Gasteiger charge is -2.42. The van der Waals surface area contributed by atoms with Crippen LogP contribution in [0, 0.1) is 0 Å². The number of hydrogen-bond acceptors (Lipinski definition) is 6. The molecule has 2 aliphatic rings. The number of carbonyl (C=O) groups excluding carboxylic acids is 1. The summed E-state index contributed by atoms with van der Waals surface area (Å²) in [4.78, 5) is 11.2. The lowest BCUT2D eigenvalue weighted by molar-refractivity contribution is -0.234. The molecule has 0 spiro atoms. The first-order chi connectivity index (χ1) is 9.18. The number of rotatable bonds is 3. The number of amides is 1. The van der Waals surface area contributed by atoms with Gasteiger partial charge in [-0.2, -0.15) is 13.2 Å². The number of hydrogen-bond donors (Lipinski definition) is 4. The van der Waals surface area contributed by atoms with Crippen LogP contribution in [0.15, 0.2) is 0 Å². The Morgan fingerprint density at radius 1 is 1.40 bits per heavy atom. The topological polar surface area (TPSA) is 108 Å². The van der Waals surface area contributed by atoms with E-state index in [0.29, 0.717) is 0 Å². The quantitative estimate of drug-likeness (QED) is 0.493. The molecule has 0 unspecified atom stereocenters. The maximum atomic E-state index is 12.1. The Labute approximate surface area is 111 Å². The van der Waals surface area contributed by atoms with Gasteiger partial charge < -0.3 is 30.1 Å².